The average molecular weight is 636 g/mol. The first-order valence-electron chi connectivity index (χ1n) is 16.3. The number of rotatable bonds is 4. The van der Waals surface area contributed by atoms with Crippen LogP contribution in [0.4, 0.5) is 0 Å². The van der Waals surface area contributed by atoms with E-state index in [4.69, 9.17) is 0 Å². The highest BCUT2D eigenvalue weighted by atomic mass is 15.0. The molecular weight excluding hydrogens is 611 g/mol. The summed E-state index contributed by atoms with van der Waals surface area (Å²) in [5.41, 5.74) is 11.7. The average Bonchev–Trinajstić information content (AvgIpc) is 3.70. The van der Waals surface area contributed by atoms with Crippen molar-refractivity contribution in [2.24, 2.45) is 0 Å². The summed E-state index contributed by atoms with van der Waals surface area (Å²) in [7, 11) is 0. The molecule has 9 aromatic rings. The quantitative estimate of drug-likeness (QED) is 0.193. The molecule has 2 aromatic heterocycles. The maximum atomic E-state index is 10.1. The standard InChI is InChI=1S/C45H25N5/c46-26-29-20-22-42-39(23-29)36-14-3-5-16-40(36)49(42)33-11-7-9-31(25-33)34-12-1-2-13-35(34)37-21-19-30(27-47)24-44(37)50-41-17-6-4-15-38(41)45-32(28-48)10-8-18-43(45)50/h1-25H. The van der Waals surface area contributed by atoms with Gasteiger partial charge in [-0.3, -0.25) is 0 Å². The third-order valence-electron chi connectivity index (χ3n) is 9.62. The zero-order valence-corrected chi connectivity index (χ0v) is 26.7. The van der Waals surface area contributed by atoms with Gasteiger partial charge in [0.15, 0.2) is 0 Å². The van der Waals surface area contributed by atoms with Crippen molar-refractivity contribution in [2.45, 2.75) is 0 Å². The number of hydrogen-bond donors (Lipinski definition) is 0. The molecule has 7 aromatic carbocycles. The number of nitrogens with zero attached hydrogens (tertiary/aromatic N) is 5. The number of hydrogen-bond acceptors (Lipinski definition) is 3. The van der Waals surface area contributed by atoms with Crippen LogP contribution in [0.25, 0.3) is 77.2 Å². The Hall–Kier alpha value is -7.39. The molecule has 5 nitrogen and oxygen atoms in total. The van der Waals surface area contributed by atoms with Crippen molar-refractivity contribution in [3.8, 4) is 51.8 Å². The fourth-order valence-corrected chi connectivity index (χ4v) is 7.49. The second kappa shape index (κ2) is 11.4. The number of nitriles is 3. The molecule has 0 fully saturated rings. The van der Waals surface area contributed by atoms with Crippen LogP contribution in [0.3, 0.4) is 0 Å². The summed E-state index contributed by atoms with van der Waals surface area (Å²) in [6.45, 7) is 0. The fraction of sp³-hybridized carbons (Fsp3) is 0. The van der Waals surface area contributed by atoms with Crippen LogP contribution < -0.4 is 0 Å². The van der Waals surface area contributed by atoms with E-state index in [-0.39, 0.29) is 0 Å². The van der Waals surface area contributed by atoms with Gasteiger partial charge in [-0.05, 0) is 83.4 Å². The summed E-state index contributed by atoms with van der Waals surface area (Å²) in [4.78, 5) is 0. The van der Waals surface area contributed by atoms with Gasteiger partial charge in [-0.25, -0.2) is 0 Å². The molecule has 230 valence electrons. The lowest BCUT2D eigenvalue weighted by Gasteiger charge is -2.18. The van der Waals surface area contributed by atoms with Crippen LogP contribution in [0.2, 0.25) is 0 Å². The molecule has 0 aliphatic carbocycles. The fourth-order valence-electron chi connectivity index (χ4n) is 7.49. The Kier molecular flexibility index (Phi) is 6.56. The van der Waals surface area contributed by atoms with Crippen molar-refractivity contribution >= 4 is 43.6 Å². The SMILES string of the molecule is N#Cc1ccc(-c2ccccc2-c2cccc(-n3c4ccccc4c4cc(C#N)ccc43)c2)c(-n2c3ccccc3c3c(C#N)cccc32)c1. The summed E-state index contributed by atoms with van der Waals surface area (Å²) < 4.78 is 4.44. The maximum Gasteiger partial charge on any atom is 0.0998 e. The van der Waals surface area contributed by atoms with Gasteiger partial charge in [-0.2, -0.15) is 15.8 Å². The topological polar surface area (TPSA) is 81.2 Å². The van der Waals surface area contributed by atoms with Crippen molar-refractivity contribution in [2.75, 3.05) is 0 Å². The minimum atomic E-state index is 0.552. The Labute approximate surface area is 287 Å². The van der Waals surface area contributed by atoms with Crippen LogP contribution in [-0.2, 0) is 0 Å². The molecule has 2 heterocycles. The number of benzene rings is 7. The maximum absolute atomic E-state index is 10.1. The Balaban J connectivity index is 1.28. The Bertz CT molecular complexity index is 2970. The van der Waals surface area contributed by atoms with Crippen molar-refractivity contribution in [3.05, 3.63) is 168 Å². The molecule has 0 saturated carbocycles. The Morgan fingerprint density at radius 2 is 1.04 bits per heavy atom. The summed E-state index contributed by atoms with van der Waals surface area (Å²) in [5.74, 6) is 0. The predicted molar refractivity (Wildman–Crippen MR) is 200 cm³/mol. The second-order valence-corrected chi connectivity index (χ2v) is 12.3. The summed E-state index contributed by atoms with van der Waals surface area (Å²) in [6.07, 6.45) is 0. The van der Waals surface area contributed by atoms with E-state index in [9.17, 15) is 15.8 Å². The first-order valence-corrected chi connectivity index (χ1v) is 16.3. The molecule has 0 N–H and O–H groups in total. The normalized spacial score (nSPS) is 11.1. The van der Waals surface area contributed by atoms with E-state index in [1.807, 2.05) is 84.9 Å². The molecule has 50 heavy (non-hydrogen) atoms. The lowest BCUT2D eigenvalue weighted by molar-refractivity contribution is 1.18. The van der Waals surface area contributed by atoms with E-state index in [2.05, 4.69) is 94.1 Å². The summed E-state index contributed by atoms with van der Waals surface area (Å²) in [6, 6.07) is 57.9. The van der Waals surface area contributed by atoms with Gasteiger partial charge in [-0.15, -0.1) is 0 Å². The Morgan fingerprint density at radius 1 is 0.400 bits per heavy atom. The highest BCUT2D eigenvalue weighted by Gasteiger charge is 2.20. The molecule has 0 spiro atoms. The zero-order valence-electron chi connectivity index (χ0n) is 26.7. The van der Waals surface area contributed by atoms with Crippen LogP contribution in [0.5, 0.6) is 0 Å². The molecule has 0 bridgehead atoms. The van der Waals surface area contributed by atoms with Gasteiger partial charge < -0.3 is 9.13 Å². The van der Waals surface area contributed by atoms with Crippen molar-refractivity contribution in [1.82, 2.24) is 9.13 Å². The van der Waals surface area contributed by atoms with Crippen LogP contribution >= 0.6 is 0 Å². The smallest absolute Gasteiger partial charge is 0.0998 e. The minimum absolute atomic E-state index is 0.552. The largest absolute Gasteiger partial charge is 0.309 e. The molecule has 0 radical (unpaired) electrons. The molecule has 0 amide bonds. The highest BCUT2D eigenvalue weighted by Crippen LogP contribution is 2.41. The van der Waals surface area contributed by atoms with E-state index >= 15 is 0 Å². The molecular formula is C45H25N5. The van der Waals surface area contributed by atoms with E-state index in [1.54, 1.807) is 0 Å². The van der Waals surface area contributed by atoms with Crippen LogP contribution in [0.15, 0.2) is 152 Å². The predicted octanol–water partition coefficient (Wildman–Crippen LogP) is 10.8. The van der Waals surface area contributed by atoms with E-state index < -0.39 is 0 Å². The van der Waals surface area contributed by atoms with Crippen molar-refractivity contribution in [1.29, 1.82) is 15.8 Å². The molecule has 0 saturated heterocycles. The van der Waals surface area contributed by atoms with Crippen molar-refractivity contribution in [3.63, 3.8) is 0 Å². The highest BCUT2D eigenvalue weighted by molar-refractivity contribution is 6.13. The third kappa shape index (κ3) is 4.31. The minimum Gasteiger partial charge on any atom is -0.309 e. The molecule has 5 heteroatoms. The molecule has 0 unspecified atom stereocenters. The first-order chi connectivity index (χ1) is 24.7. The van der Waals surface area contributed by atoms with Crippen LogP contribution in [-0.4, -0.2) is 9.13 Å². The van der Waals surface area contributed by atoms with Gasteiger partial charge in [0.2, 0.25) is 0 Å². The molecule has 0 aliphatic rings. The van der Waals surface area contributed by atoms with Gasteiger partial charge in [0.1, 0.15) is 0 Å². The van der Waals surface area contributed by atoms with Gasteiger partial charge >= 0.3 is 0 Å². The lowest BCUT2D eigenvalue weighted by atomic mass is 9.92. The zero-order chi connectivity index (χ0) is 33.8. The second-order valence-electron chi connectivity index (χ2n) is 12.3. The number of fused-ring (bicyclic) bond motifs is 6. The Morgan fingerprint density at radius 3 is 1.84 bits per heavy atom. The van der Waals surface area contributed by atoms with Gasteiger partial charge in [0, 0.05) is 32.8 Å². The summed E-state index contributed by atoms with van der Waals surface area (Å²) in [5, 5.41) is 33.8. The van der Waals surface area contributed by atoms with E-state index in [0.717, 1.165) is 77.2 Å². The monoisotopic (exact) mass is 635 g/mol. The molecule has 0 aliphatic heterocycles. The molecule has 0 atom stereocenters. The van der Waals surface area contributed by atoms with Crippen molar-refractivity contribution < 1.29 is 0 Å². The molecule has 9 rings (SSSR count). The van der Waals surface area contributed by atoms with Crippen LogP contribution in [0.1, 0.15) is 16.7 Å². The lowest BCUT2D eigenvalue weighted by Crippen LogP contribution is -1.99. The van der Waals surface area contributed by atoms with Gasteiger partial charge in [0.05, 0.1) is 62.7 Å². The van der Waals surface area contributed by atoms with Gasteiger partial charge in [-0.1, -0.05) is 84.9 Å². The summed E-state index contributed by atoms with van der Waals surface area (Å²) >= 11 is 0. The van der Waals surface area contributed by atoms with Crippen LogP contribution in [0, 0.1) is 34.0 Å². The van der Waals surface area contributed by atoms with Gasteiger partial charge in [0.25, 0.3) is 0 Å². The first kappa shape index (κ1) is 28.8. The number of aromatic nitrogens is 2. The number of para-hydroxylation sites is 2. The third-order valence-corrected chi connectivity index (χ3v) is 9.62. The van der Waals surface area contributed by atoms with E-state index in [0.29, 0.717) is 16.7 Å². The van der Waals surface area contributed by atoms with E-state index in [1.165, 1.54) is 0 Å².